The summed E-state index contributed by atoms with van der Waals surface area (Å²) in [5.74, 6) is 1.17. The normalized spacial score (nSPS) is 25.6. The third-order valence-corrected chi connectivity index (χ3v) is 4.72. The summed E-state index contributed by atoms with van der Waals surface area (Å²) in [6.07, 6.45) is 4.89. The Morgan fingerprint density at radius 3 is 2.67 bits per heavy atom. The second kappa shape index (κ2) is 5.06. The average molecular weight is 279 g/mol. The molecule has 2 aromatic carbocycles. The first-order chi connectivity index (χ1) is 10.3. The number of rotatable bonds is 3. The van der Waals surface area contributed by atoms with Gasteiger partial charge in [-0.25, -0.2) is 4.99 Å². The number of hydrogen-bond donors (Lipinski definition) is 2. The SMILES string of the molecule is NC(=N[C@@H]1C[C@H]1c1ccc2ccccc2c1)NC1CCC1. The van der Waals surface area contributed by atoms with Crippen molar-refractivity contribution in [1.82, 2.24) is 5.32 Å². The van der Waals surface area contributed by atoms with Gasteiger partial charge in [0.15, 0.2) is 5.96 Å². The summed E-state index contributed by atoms with van der Waals surface area (Å²) >= 11 is 0. The second-order valence-electron chi connectivity index (χ2n) is 6.30. The van der Waals surface area contributed by atoms with Crippen LogP contribution >= 0.6 is 0 Å². The zero-order valence-electron chi connectivity index (χ0n) is 12.1. The van der Waals surface area contributed by atoms with E-state index in [2.05, 4.69) is 52.8 Å². The molecule has 21 heavy (non-hydrogen) atoms. The zero-order valence-corrected chi connectivity index (χ0v) is 12.1. The van der Waals surface area contributed by atoms with Crippen LogP contribution in [0.5, 0.6) is 0 Å². The molecule has 2 aliphatic rings. The van der Waals surface area contributed by atoms with Crippen LogP contribution in [0.2, 0.25) is 0 Å². The van der Waals surface area contributed by atoms with Crippen LogP contribution < -0.4 is 11.1 Å². The monoisotopic (exact) mass is 279 g/mol. The maximum atomic E-state index is 5.99. The van der Waals surface area contributed by atoms with Crippen molar-refractivity contribution in [2.45, 2.75) is 43.7 Å². The first-order valence-corrected chi connectivity index (χ1v) is 7.88. The molecule has 0 aromatic heterocycles. The third-order valence-electron chi connectivity index (χ3n) is 4.72. The minimum absolute atomic E-state index is 0.360. The van der Waals surface area contributed by atoms with Gasteiger partial charge in [0, 0.05) is 12.0 Å². The molecule has 2 aliphatic carbocycles. The third kappa shape index (κ3) is 2.60. The molecule has 108 valence electrons. The molecular formula is C18H21N3. The van der Waals surface area contributed by atoms with Crippen LogP contribution in [0.15, 0.2) is 47.5 Å². The number of nitrogens with zero attached hydrogens (tertiary/aromatic N) is 1. The Hall–Kier alpha value is -2.03. The lowest BCUT2D eigenvalue weighted by atomic mass is 9.93. The fourth-order valence-corrected chi connectivity index (χ4v) is 3.10. The lowest BCUT2D eigenvalue weighted by molar-refractivity contribution is 0.382. The lowest BCUT2D eigenvalue weighted by Crippen LogP contribution is -2.43. The van der Waals surface area contributed by atoms with Crippen molar-refractivity contribution in [3.63, 3.8) is 0 Å². The van der Waals surface area contributed by atoms with E-state index < -0.39 is 0 Å². The van der Waals surface area contributed by atoms with E-state index in [1.165, 1.54) is 35.6 Å². The zero-order chi connectivity index (χ0) is 14.2. The fourth-order valence-electron chi connectivity index (χ4n) is 3.10. The van der Waals surface area contributed by atoms with E-state index >= 15 is 0 Å². The van der Waals surface area contributed by atoms with Gasteiger partial charge < -0.3 is 11.1 Å². The van der Waals surface area contributed by atoms with Gasteiger partial charge in [-0.1, -0.05) is 42.5 Å². The smallest absolute Gasteiger partial charge is 0.189 e. The predicted octanol–water partition coefficient (Wildman–Crippen LogP) is 3.15. The molecule has 3 heteroatoms. The number of nitrogens with two attached hydrogens (primary N) is 1. The van der Waals surface area contributed by atoms with E-state index in [4.69, 9.17) is 5.73 Å². The summed E-state index contributed by atoms with van der Waals surface area (Å²) in [6, 6.07) is 16.2. The molecule has 0 spiro atoms. The molecule has 2 atom stereocenters. The van der Waals surface area contributed by atoms with Crippen LogP contribution in [-0.2, 0) is 0 Å². The highest BCUT2D eigenvalue weighted by atomic mass is 15.1. The minimum atomic E-state index is 0.360. The van der Waals surface area contributed by atoms with Crippen molar-refractivity contribution < 1.29 is 0 Å². The van der Waals surface area contributed by atoms with Crippen LogP contribution in [0.3, 0.4) is 0 Å². The molecule has 3 nitrogen and oxygen atoms in total. The van der Waals surface area contributed by atoms with Gasteiger partial charge in [0.05, 0.1) is 6.04 Å². The van der Waals surface area contributed by atoms with E-state index in [1.54, 1.807) is 0 Å². The first-order valence-electron chi connectivity index (χ1n) is 7.88. The summed E-state index contributed by atoms with van der Waals surface area (Å²) in [4.78, 5) is 4.63. The number of fused-ring (bicyclic) bond motifs is 1. The molecule has 2 fully saturated rings. The molecule has 0 saturated heterocycles. The topological polar surface area (TPSA) is 50.4 Å². The van der Waals surface area contributed by atoms with Gasteiger partial charge in [-0.3, -0.25) is 0 Å². The van der Waals surface area contributed by atoms with E-state index in [1.807, 2.05) is 0 Å². The van der Waals surface area contributed by atoms with Crippen molar-refractivity contribution in [2.24, 2.45) is 10.7 Å². The van der Waals surface area contributed by atoms with Crippen LogP contribution in [0.25, 0.3) is 10.8 Å². The van der Waals surface area contributed by atoms with Gasteiger partial charge in [0.25, 0.3) is 0 Å². The highest BCUT2D eigenvalue weighted by Crippen LogP contribution is 2.44. The Balaban J connectivity index is 1.46. The van der Waals surface area contributed by atoms with Crippen LogP contribution in [-0.4, -0.2) is 18.0 Å². The van der Waals surface area contributed by atoms with Gasteiger partial charge >= 0.3 is 0 Å². The fraction of sp³-hybridized carbons (Fsp3) is 0.389. The molecule has 0 bridgehead atoms. The Labute approximate surface area is 125 Å². The molecule has 2 saturated carbocycles. The van der Waals surface area contributed by atoms with E-state index in [0.29, 0.717) is 24.0 Å². The van der Waals surface area contributed by atoms with E-state index in [-0.39, 0.29) is 0 Å². The molecule has 0 radical (unpaired) electrons. The molecule has 0 heterocycles. The van der Waals surface area contributed by atoms with Gasteiger partial charge in [0.2, 0.25) is 0 Å². The highest BCUT2D eigenvalue weighted by Gasteiger charge is 2.38. The molecule has 0 unspecified atom stereocenters. The summed E-state index contributed by atoms with van der Waals surface area (Å²) in [5.41, 5.74) is 7.38. The number of guanidine groups is 1. The largest absolute Gasteiger partial charge is 0.370 e. The minimum Gasteiger partial charge on any atom is -0.370 e. The molecule has 4 rings (SSSR count). The van der Waals surface area contributed by atoms with Gasteiger partial charge in [-0.2, -0.15) is 0 Å². The standard InChI is InChI=1S/C18H21N3/c19-18(20-15-6-3-7-15)21-17-11-16(17)14-9-8-12-4-1-2-5-13(12)10-14/h1-2,4-5,8-10,15-17H,3,6-7,11H2,(H3,19,20,21)/t16-,17+/m0/s1. The highest BCUT2D eigenvalue weighted by molar-refractivity contribution is 5.83. The maximum absolute atomic E-state index is 5.99. The van der Waals surface area contributed by atoms with E-state index in [9.17, 15) is 0 Å². The van der Waals surface area contributed by atoms with Gasteiger partial charge in [-0.15, -0.1) is 0 Å². The Morgan fingerprint density at radius 1 is 1.10 bits per heavy atom. The quantitative estimate of drug-likeness (QED) is 0.670. The predicted molar refractivity (Wildman–Crippen MR) is 87.5 cm³/mol. The average Bonchev–Trinajstić information content (AvgIpc) is 3.21. The Bertz CT molecular complexity index is 688. The first kappa shape index (κ1) is 12.7. The van der Waals surface area contributed by atoms with Crippen LogP contribution in [0, 0.1) is 0 Å². The molecule has 0 aliphatic heterocycles. The van der Waals surface area contributed by atoms with Gasteiger partial charge in [-0.05, 0) is 42.0 Å². The number of benzene rings is 2. The van der Waals surface area contributed by atoms with Crippen LogP contribution in [0.1, 0.15) is 37.2 Å². The van der Waals surface area contributed by atoms with E-state index in [0.717, 1.165) is 6.42 Å². The molecule has 2 aromatic rings. The number of hydrogen-bond acceptors (Lipinski definition) is 1. The Kier molecular flexibility index (Phi) is 3.06. The van der Waals surface area contributed by atoms with Crippen molar-refractivity contribution in [1.29, 1.82) is 0 Å². The van der Waals surface area contributed by atoms with Gasteiger partial charge in [0.1, 0.15) is 0 Å². The van der Waals surface area contributed by atoms with Crippen molar-refractivity contribution >= 4 is 16.7 Å². The van der Waals surface area contributed by atoms with Crippen LogP contribution in [0.4, 0.5) is 0 Å². The Morgan fingerprint density at radius 2 is 1.90 bits per heavy atom. The molecular weight excluding hydrogens is 258 g/mol. The van der Waals surface area contributed by atoms with Crippen molar-refractivity contribution in [2.75, 3.05) is 0 Å². The lowest BCUT2D eigenvalue weighted by Gasteiger charge is -2.26. The van der Waals surface area contributed by atoms with Crippen molar-refractivity contribution in [3.05, 3.63) is 48.0 Å². The second-order valence-corrected chi connectivity index (χ2v) is 6.30. The summed E-state index contributed by atoms with van der Waals surface area (Å²) in [7, 11) is 0. The molecule has 0 amide bonds. The maximum Gasteiger partial charge on any atom is 0.189 e. The molecule has 3 N–H and O–H groups in total. The number of nitrogens with one attached hydrogen (secondary N) is 1. The van der Waals surface area contributed by atoms with Crippen molar-refractivity contribution in [3.8, 4) is 0 Å². The number of aliphatic imine (C=N–C) groups is 1. The summed E-state index contributed by atoms with van der Waals surface area (Å²) in [6.45, 7) is 0. The summed E-state index contributed by atoms with van der Waals surface area (Å²) in [5, 5.41) is 5.93. The summed E-state index contributed by atoms with van der Waals surface area (Å²) < 4.78 is 0.